The van der Waals surface area contributed by atoms with Crippen LogP contribution in [0.15, 0.2) is 40.9 Å². The van der Waals surface area contributed by atoms with E-state index in [4.69, 9.17) is 0 Å². The minimum Gasteiger partial charge on any atom is -0.322 e. The number of hydrogen-bond acceptors (Lipinski definition) is 3. The van der Waals surface area contributed by atoms with E-state index in [0.717, 1.165) is 21.7 Å². The average Bonchev–Trinajstić information content (AvgIpc) is 2.52. The molecule has 0 aliphatic heterocycles. The summed E-state index contributed by atoms with van der Waals surface area (Å²) < 4.78 is 40.1. The maximum absolute atomic E-state index is 14.0. The van der Waals surface area contributed by atoms with E-state index in [2.05, 4.69) is 21.2 Å². The molecule has 1 atom stereocenters. The van der Waals surface area contributed by atoms with Gasteiger partial charge in [-0.15, -0.1) is 0 Å². The number of sulfonamides is 1. The molecule has 0 fully saturated rings. The molecule has 8 heteroatoms. The summed E-state index contributed by atoms with van der Waals surface area (Å²) in [7, 11) is -3.73. The van der Waals surface area contributed by atoms with Gasteiger partial charge < -0.3 is 5.32 Å². The third-order valence-electron chi connectivity index (χ3n) is 4.02. The van der Waals surface area contributed by atoms with Gasteiger partial charge in [0.2, 0.25) is 15.9 Å². The molecule has 0 radical (unpaired) electrons. The van der Waals surface area contributed by atoms with E-state index in [1.54, 1.807) is 24.3 Å². The van der Waals surface area contributed by atoms with Gasteiger partial charge in [-0.1, -0.05) is 22.0 Å². The van der Waals surface area contributed by atoms with Crippen molar-refractivity contribution in [2.45, 2.75) is 26.8 Å². The monoisotopic (exact) mass is 442 g/mol. The summed E-state index contributed by atoms with van der Waals surface area (Å²) in [5.41, 5.74) is 2.28. The van der Waals surface area contributed by atoms with Crippen LogP contribution in [0.25, 0.3) is 0 Å². The molecule has 2 aromatic carbocycles. The number of rotatable bonds is 5. The molecule has 0 aromatic heterocycles. The molecule has 0 unspecified atom stereocenters. The summed E-state index contributed by atoms with van der Waals surface area (Å²) in [5.74, 6) is -1.24. The molecule has 0 heterocycles. The van der Waals surface area contributed by atoms with E-state index >= 15 is 0 Å². The average molecular weight is 443 g/mol. The Morgan fingerprint density at radius 1 is 1.15 bits per heavy atom. The lowest BCUT2D eigenvalue weighted by molar-refractivity contribution is -0.116. The molecule has 140 valence electrons. The Bertz CT molecular complexity index is 947. The maximum Gasteiger partial charge on any atom is 0.248 e. The number of nitrogens with zero attached hydrogens (tertiary/aromatic N) is 1. The van der Waals surface area contributed by atoms with Gasteiger partial charge in [-0.25, -0.2) is 12.8 Å². The van der Waals surface area contributed by atoms with Gasteiger partial charge in [-0.3, -0.25) is 9.10 Å². The molecule has 0 bridgehead atoms. The Hall–Kier alpha value is -1.93. The summed E-state index contributed by atoms with van der Waals surface area (Å²) in [4.78, 5) is 12.6. The Labute approximate surface area is 161 Å². The number of amides is 1. The zero-order valence-electron chi connectivity index (χ0n) is 14.9. The van der Waals surface area contributed by atoms with Crippen LogP contribution in [0.2, 0.25) is 0 Å². The van der Waals surface area contributed by atoms with Crippen LogP contribution in [-0.4, -0.2) is 26.6 Å². The summed E-state index contributed by atoms with van der Waals surface area (Å²) in [6, 6.07) is 8.30. The lowest BCUT2D eigenvalue weighted by Crippen LogP contribution is -2.45. The molecule has 0 saturated heterocycles. The van der Waals surface area contributed by atoms with Crippen molar-refractivity contribution in [3.63, 3.8) is 0 Å². The smallest absolute Gasteiger partial charge is 0.248 e. The normalized spacial score (nSPS) is 12.5. The predicted octanol–water partition coefficient (Wildman–Crippen LogP) is 4.00. The van der Waals surface area contributed by atoms with Gasteiger partial charge in [-0.05, 0) is 62.2 Å². The highest BCUT2D eigenvalue weighted by Crippen LogP contribution is 2.25. The summed E-state index contributed by atoms with van der Waals surface area (Å²) in [6.45, 7) is 5.24. The SMILES string of the molecule is Cc1ccc(N([C@@H](C)C(=O)Nc2ccc(Br)cc2F)S(C)(=O)=O)cc1C. The highest BCUT2D eigenvalue weighted by atomic mass is 79.9. The van der Waals surface area contributed by atoms with E-state index < -0.39 is 27.8 Å². The maximum atomic E-state index is 14.0. The minimum atomic E-state index is -3.73. The van der Waals surface area contributed by atoms with Crippen molar-refractivity contribution in [2.24, 2.45) is 0 Å². The van der Waals surface area contributed by atoms with E-state index in [1.807, 2.05) is 13.8 Å². The summed E-state index contributed by atoms with van der Waals surface area (Å²) >= 11 is 3.14. The van der Waals surface area contributed by atoms with Gasteiger partial charge in [0.1, 0.15) is 11.9 Å². The van der Waals surface area contributed by atoms with Crippen LogP contribution >= 0.6 is 15.9 Å². The number of carbonyl (C=O) groups excluding carboxylic acids is 1. The third kappa shape index (κ3) is 4.62. The number of anilines is 2. The summed E-state index contributed by atoms with van der Waals surface area (Å²) in [6.07, 6.45) is 1.03. The van der Waals surface area contributed by atoms with Crippen molar-refractivity contribution < 1.29 is 17.6 Å². The minimum absolute atomic E-state index is 0.0152. The number of carbonyl (C=O) groups is 1. The standard InChI is InChI=1S/C18H20BrFN2O3S/c1-11-5-7-15(9-12(11)2)22(26(4,24)25)13(3)18(23)21-17-8-6-14(19)10-16(17)20/h5-10,13H,1-4H3,(H,21,23)/t13-/m0/s1. The second-order valence-corrected chi connectivity index (χ2v) is 8.89. The van der Waals surface area contributed by atoms with Crippen molar-refractivity contribution in [2.75, 3.05) is 15.9 Å². The molecule has 26 heavy (non-hydrogen) atoms. The topological polar surface area (TPSA) is 66.5 Å². The highest BCUT2D eigenvalue weighted by molar-refractivity contribution is 9.10. The zero-order chi connectivity index (χ0) is 19.6. The van der Waals surface area contributed by atoms with E-state index in [9.17, 15) is 17.6 Å². The van der Waals surface area contributed by atoms with Gasteiger partial charge in [0.15, 0.2) is 0 Å². The first-order valence-electron chi connectivity index (χ1n) is 7.83. The fraction of sp³-hybridized carbons (Fsp3) is 0.278. The number of nitrogens with one attached hydrogen (secondary N) is 1. The first kappa shape index (κ1) is 20.4. The van der Waals surface area contributed by atoms with Gasteiger partial charge >= 0.3 is 0 Å². The molecule has 2 aromatic rings. The van der Waals surface area contributed by atoms with E-state index in [-0.39, 0.29) is 5.69 Å². The predicted molar refractivity (Wildman–Crippen MR) is 105 cm³/mol. The number of halogens is 2. The van der Waals surface area contributed by atoms with E-state index in [0.29, 0.717) is 10.2 Å². The third-order valence-corrected chi connectivity index (χ3v) is 5.76. The molecule has 0 spiro atoms. The van der Waals surface area contributed by atoms with Gasteiger partial charge in [0.25, 0.3) is 0 Å². The zero-order valence-corrected chi connectivity index (χ0v) is 17.3. The van der Waals surface area contributed by atoms with Crippen LogP contribution in [0.5, 0.6) is 0 Å². The second-order valence-electron chi connectivity index (χ2n) is 6.12. The Morgan fingerprint density at radius 3 is 2.35 bits per heavy atom. The lowest BCUT2D eigenvalue weighted by Gasteiger charge is -2.28. The van der Waals surface area contributed by atoms with Crippen LogP contribution in [0, 0.1) is 19.7 Å². The lowest BCUT2D eigenvalue weighted by atomic mass is 10.1. The quantitative estimate of drug-likeness (QED) is 0.760. The molecule has 0 aliphatic carbocycles. The van der Waals surface area contributed by atoms with Crippen LogP contribution < -0.4 is 9.62 Å². The van der Waals surface area contributed by atoms with Gasteiger partial charge in [-0.2, -0.15) is 0 Å². The molecular weight excluding hydrogens is 423 g/mol. The molecular formula is C18H20BrFN2O3S. The van der Waals surface area contributed by atoms with Crippen LogP contribution in [0.4, 0.5) is 15.8 Å². The largest absolute Gasteiger partial charge is 0.322 e. The van der Waals surface area contributed by atoms with Crippen molar-refractivity contribution >= 4 is 43.2 Å². The molecule has 0 saturated carbocycles. The first-order chi connectivity index (χ1) is 12.0. The number of aryl methyl sites for hydroxylation is 2. The van der Waals surface area contributed by atoms with Crippen LogP contribution in [0.1, 0.15) is 18.1 Å². The van der Waals surface area contributed by atoms with Crippen LogP contribution in [0.3, 0.4) is 0 Å². The van der Waals surface area contributed by atoms with Gasteiger partial charge in [0.05, 0.1) is 17.6 Å². The Kier molecular flexibility index (Phi) is 6.08. The molecule has 1 N–H and O–H groups in total. The Balaban J connectivity index is 2.35. The summed E-state index contributed by atoms with van der Waals surface area (Å²) in [5, 5.41) is 2.44. The fourth-order valence-corrected chi connectivity index (χ4v) is 4.00. The molecule has 2 rings (SSSR count). The van der Waals surface area contributed by atoms with Crippen LogP contribution in [-0.2, 0) is 14.8 Å². The molecule has 0 aliphatic rings. The van der Waals surface area contributed by atoms with Crippen molar-refractivity contribution in [1.29, 1.82) is 0 Å². The Morgan fingerprint density at radius 2 is 1.81 bits per heavy atom. The highest BCUT2D eigenvalue weighted by Gasteiger charge is 2.29. The molecule has 5 nitrogen and oxygen atoms in total. The van der Waals surface area contributed by atoms with Crippen molar-refractivity contribution in [3.8, 4) is 0 Å². The second kappa shape index (κ2) is 7.75. The first-order valence-corrected chi connectivity index (χ1v) is 10.5. The van der Waals surface area contributed by atoms with E-state index in [1.165, 1.54) is 19.1 Å². The van der Waals surface area contributed by atoms with Crippen molar-refractivity contribution in [3.05, 3.63) is 57.8 Å². The number of hydrogen-bond donors (Lipinski definition) is 1. The number of benzene rings is 2. The van der Waals surface area contributed by atoms with Gasteiger partial charge in [0, 0.05) is 4.47 Å². The van der Waals surface area contributed by atoms with Crippen molar-refractivity contribution in [1.82, 2.24) is 0 Å². The molecule has 1 amide bonds. The fourth-order valence-electron chi connectivity index (χ4n) is 2.50.